The molecule has 196 valence electrons. The van der Waals surface area contributed by atoms with Gasteiger partial charge in [0, 0.05) is 23.8 Å². The van der Waals surface area contributed by atoms with Gasteiger partial charge in [-0.1, -0.05) is 41.3 Å². The molecule has 2 aromatic carbocycles. The Bertz CT molecular complexity index is 1510. The zero-order valence-electron chi connectivity index (χ0n) is 22.6. The van der Waals surface area contributed by atoms with Gasteiger partial charge in [0.2, 0.25) is 5.52 Å². The molecule has 0 bridgehead atoms. The van der Waals surface area contributed by atoms with E-state index < -0.39 is 0 Å². The van der Waals surface area contributed by atoms with E-state index >= 15 is 0 Å². The number of aryl methyl sites for hydroxylation is 2. The van der Waals surface area contributed by atoms with Crippen molar-refractivity contribution in [3.05, 3.63) is 86.9 Å². The predicted octanol–water partition coefficient (Wildman–Crippen LogP) is 9.09. The highest BCUT2D eigenvalue weighted by molar-refractivity contribution is 8.03. The number of fused-ring (bicyclic) bond motifs is 3. The molecule has 1 unspecified atom stereocenters. The zero-order valence-corrected chi connectivity index (χ0v) is 25.1. The molecule has 0 spiro atoms. The van der Waals surface area contributed by atoms with E-state index in [4.69, 9.17) is 4.18 Å². The number of allylic oxidation sites excluding steroid dienone is 6. The Morgan fingerprint density at radius 1 is 1.08 bits per heavy atom. The maximum absolute atomic E-state index is 5.69. The van der Waals surface area contributed by atoms with Gasteiger partial charge in [-0.25, -0.2) is 0 Å². The van der Waals surface area contributed by atoms with Gasteiger partial charge in [0.05, 0.1) is 28.8 Å². The van der Waals surface area contributed by atoms with Crippen molar-refractivity contribution in [1.82, 2.24) is 0 Å². The number of anilines is 1. The smallest absolute Gasteiger partial charge is 0.263 e. The van der Waals surface area contributed by atoms with Gasteiger partial charge in [-0.2, -0.15) is 4.57 Å². The summed E-state index contributed by atoms with van der Waals surface area (Å²) in [6.45, 7) is 8.62. The SMILES string of the molecule is CCN1/C(=C/C2=CC3=C/C(=C/c4sc5ccc(OSC)cc5[n+]4CC)CCC3CC2)Sc2ccc(C)cc21. The quantitative estimate of drug-likeness (QED) is 0.221. The summed E-state index contributed by atoms with van der Waals surface area (Å²) in [4.78, 5) is 3.85. The van der Waals surface area contributed by atoms with E-state index in [2.05, 4.69) is 90.9 Å². The molecule has 2 heterocycles. The van der Waals surface area contributed by atoms with Crippen LogP contribution in [0, 0.1) is 12.8 Å². The third kappa shape index (κ3) is 4.99. The summed E-state index contributed by atoms with van der Waals surface area (Å²) in [7, 11) is 0. The van der Waals surface area contributed by atoms with Crippen LogP contribution < -0.4 is 13.7 Å². The molecular weight excluding hydrogens is 525 g/mol. The van der Waals surface area contributed by atoms with Crippen LogP contribution in [-0.4, -0.2) is 12.8 Å². The highest BCUT2D eigenvalue weighted by atomic mass is 32.2. The first-order valence-corrected chi connectivity index (χ1v) is 16.4. The second-order valence-electron chi connectivity index (χ2n) is 10.2. The van der Waals surface area contributed by atoms with Crippen LogP contribution in [0.1, 0.15) is 50.1 Å². The highest BCUT2D eigenvalue weighted by Crippen LogP contribution is 2.47. The molecule has 3 aromatic rings. The Balaban J connectivity index is 1.30. The lowest BCUT2D eigenvalue weighted by molar-refractivity contribution is -0.665. The highest BCUT2D eigenvalue weighted by Gasteiger charge is 2.27. The van der Waals surface area contributed by atoms with Crippen LogP contribution >= 0.6 is 35.1 Å². The Morgan fingerprint density at radius 2 is 1.95 bits per heavy atom. The summed E-state index contributed by atoms with van der Waals surface area (Å²) in [6, 6.07) is 13.3. The number of nitrogens with zero attached hydrogens (tertiary/aromatic N) is 2. The van der Waals surface area contributed by atoms with Crippen LogP contribution in [0.15, 0.2) is 81.3 Å². The van der Waals surface area contributed by atoms with Crippen LogP contribution in [0.2, 0.25) is 0 Å². The van der Waals surface area contributed by atoms with Crippen molar-refractivity contribution in [2.75, 3.05) is 17.7 Å². The average molecular weight is 560 g/mol. The fourth-order valence-corrected chi connectivity index (χ4v) is 8.52. The third-order valence-corrected chi connectivity index (χ3v) is 10.3. The van der Waals surface area contributed by atoms with Gasteiger partial charge >= 0.3 is 0 Å². The van der Waals surface area contributed by atoms with Crippen molar-refractivity contribution < 1.29 is 8.75 Å². The van der Waals surface area contributed by atoms with Crippen LogP contribution in [0.5, 0.6) is 5.75 Å². The molecule has 3 nitrogen and oxygen atoms in total. The Morgan fingerprint density at radius 3 is 2.76 bits per heavy atom. The lowest BCUT2D eigenvalue weighted by Gasteiger charge is -2.28. The van der Waals surface area contributed by atoms with Gasteiger partial charge < -0.3 is 9.08 Å². The van der Waals surface area contributed by atoms with Gasteiger partial charge in [0.15, 0.2) is 0 Å². The summed E-state index contributed by atoms with van der Waals surface area (Å²) in [6.07, 6.45) is 16.6. The number of thioether (sulfide) groups is 1. The van der Waals surface area contributed by atoms with E-state index in [0.29, 0.717) is 5.92 Å². The summed E-state index contributed by atoms with van der Waals surface area (Å²) in [5.74, 6) is 1.61. The van der Waals surface area contributed by atoms with E-state index in [0.717, 1.165) is 25.3 Å². The molecule has 0 saturated carbocycles. The first-order valence-electron chi connectivity index (χ1n) is 13.6. The standard InChI is InChI=1S/C32H35N2OS3/c1-5-33-27-15-21(3)7-13-29(27)37-31(33)18-22-8-10-24-11-9-23(17-25(24)16-22)19-32-34(6-2)28-20-26(35-36-4)12-14-30(28)38-32/h7,12-20,24H,5-6,8-11H2,1-4H3/q+1. The summed E-state index contributed by atoms with van der Waals surface area (Å²) in [5.41, 5.74) is 8.37. The number of hydrogen-bond acceptors (Lipinski definition) is 5. The third-order valence-electron chi connectivity index (χ3n) is 7.76. The molecule has 1 aromatic heterocycles. The Hall–Kier alpha value is -2.41. The molecule has 6 heteroatoms. The normalized spacial score (nSPS) is 21.1. The predicted molar refractivity (Wildman–Crippen MR) is 166 cm³/mol. The van der Waals surface area contributed by atoms with Crippen molar-refractivity contribution in [2.45, 2.75) is 57.9 Å². The second-order valence-corrected chi connectivity index (χ2v) is 12.8. The van der Waals surface area contributed by atoms with E-state index in [1.165, 1.54) is 84.4 Å². The van der Waals surface area contributed by atoms with Gasteiger partial charge in [0.1, 0.15) is 17.0 Å². The zero-order chi connectivity index (χ0) is 26.2. The first kappa shape index (κ1) is 25.8. The molecule has 38 heavy (non-hydrogen) atoms. The number of thiazole rings is 1. The van der Waals surface area contributed by atoms with Crippen LogP contribution in [0.3, 0.4) is 0 Å². The molecule has 6 rings (SSSR count). The maximum atomic E-state index is 5.69. The Labute approximate surface area is 239 Å². The number of benzene rings is 2. The maximum Gasteiger partial charge on any atom is 0.263 e. The molecule has 2 aliphatic carbocycles. The lowest BCUT2D eigenvalue weighted by Crippen LogP contribution is -2.33. The molecular formula is C32H35N2OS3+. The molecule has 0 fully saturated rings. The molecule has 0 amide bonds. The van der Waals surface area contributed by atoms with Crippen molar-refractivity contribution in [3.63, 3.8) is 0 Å². The largest absolute Gasteiger partial charge is 0.426 e. The number of hydrogen-bond donors (Lipinski definition) is 0. The van der Waals surface area contributed by atoms with Gasteiger partial charge in [-0.3, -0.25) is 0 Å². The summed E-state index contributed by atoms with van der Waals surface area (Å²) < 4.78 is 9.43. The fourth-order valence-electron chi connectivity index (χ4n) is 5.86. The molecule has 0 N–H and O–H groups in total. The van der Waals surface area contributed by atoms with Crippen molar-refractivity contribution in [3.8, 4) is 5.75 Å². The fraction of sp³-hybridized carbons (Fsp3) is 0.344. The Kier molecular flexibility index (Phi) is 7.48. The van der Waals surface area contributed by atoms with Crippen LogP contribution in [0.4, 0.5) is 5.69 Å². The minimum atomic E-state index is 0.694. The van der Waals surface area contributed by atoms with Gasteiger partial charge in [-0.15, -0.1) is 0 Å². The minimum absolute atomic E-state index is 0.694. The van der Waals surface area contributed by atoms with Crippen molar-refractivity contribution in [1.29, 1.82) is 0 Å². The van der Waals surface area contributed by atoms with E-state index in [1.54, 1.807) is 0 Å². The van der Waals surface area contributed by atoms with Crippen molar-refractivity contribution in [2.24, 2.45) is 5.92 Å². The average Bonchev–Trinajstić information content (AvgIpc) is 3.44. The van der Waals surface area contributed by atoms with E-state index in [-0.39, 0.29) is 0 Å². The topological polar surface area (TPSA) is 16.4 Å². The molecule has 1 aliphatic heterocycles. The van der Waals surface area contributed by atoms with Crippen LogP contribution in [-0.2, 0) is 6.54 Å². The minimum Gasteiger partial charge on any atom is -0.426 e. The molecule has 0 radical (unpaired) electrons. The van der Waals surface area contributed by atoms with E-state index in [9.17, 15) is 0 Å². The lowest BCUT2D eigenvalue weighted by atomic mass is 9.77. The van der Waals surface area contributed by atoms with Gasteiger partial charge in [-0.05, 0) is 105 Å². The van der Waals surface area contributed by atoms with Gasteiger partial charge in [0.25, 0.3) is 5.01 Å². The monoisotopic (exact) mass is 559 g/mol. The van der Waals surface area contributed by atoms with Crippen LogP contribution in [0.25, 0.3) is 16.3 Å². The van der Waals surface area contributed by atoms with Crippen molar-refractivity contribution >= 4 is 57.1 Å². The molecule has 1 atom stereocenters. The number of aromatic nitrogens is 1. The molecule has 3 aliphatic rings. The molecule has 0 saturated heterocycles. The summed E-state index contributed by atoms with van der Waals surface area (Å²) >= 11 is 5.19. The first-order chi connectivity index (χ1) is 18.6. The van der Waals surface area contributed by atoms with E-state index in [1.807, 2.05) is 29.4 Å². The number of rotatable bonds is 6. The summed E-state index contributed by atoms with van der Waals surface area (Å²) in [5, 5.41) is 2.69. The second kappa shape index (κ2) is 11.0.